The molecule has 0 bridgehead atoms. The van der Waals surface area contributed by atoms with Gasteiger partial charge in [0.25, 0.3) is 0 Å². The molecule has 0 unspecified atom stereocenters. The van der Waals surface area contributed by atoms with Crippen LogP contribution in [-0.2, 0) is 0 Å². The SMILES string of the molecule is COc1cccc2c1O[C@H](c1ccc3noc(-c4ccccc4)c3c1)N1N=C(c3ccc(C)cc3)C[C@H]21. The summed E-state index contributed by atoms with van der Waals surface area (Å²) in [6.07, 6.45) is 0.355. The molecule has 2 atom stereocenters. The number of hydrazone groups is 1. The molecule has 0 saturated heterocycles. The number of hydrogen-bond acceptors (Lipinski definition) is 6. The minimum Gasteiger partial charge on any atom is -0.493 e. The lowest BCUT2D eigenvalue weighted by Crippen LogP contribution is -2.33. The summed E-state index contributed by atoms with van der Waals surface area (Å²) in [5, 5.41) is 12.4. The molecule has 0 aliphatic carbocycles. The number of fused-ring (bicyclic) bond motifs is 4. The van der Waals surface area contributed by atoms with Crippen LogP contribution in [0.1, 0.15) is 40.9 Å². The molecule has 3 heterocycles. The maximum atomic E-state index is 6.67. The average Bonchev–Trinajstić information content (AvgIpc) is 3.58. The smallest absolute Gasteiger partial charge is 0.214 e. The molecule has 7 rings (SSSR count). The predicted molar refractivity (Wildman–Crippen MR) is 143 cm³/mol. The van der Waals surface area contributed by atoms with Crippen LogP contribution in [0, 0.1) is 6.92 Å². The van der Waals surface area contributed by atoms with Crippen molar-refractivity contribution in [1.82, 2.24) is 10.2 Å². The van der Waals surface area contributed by atoms with Gasteiger partial charge in [0.15, 0.2) is 17.3 Å². The summed E-state index contributed by atoms with van der Waals surface area (Å²) in [5.41, 5.74) is 7.25. The monoisotopic (exact) mass is 487 g/mol. The zero-order valence-electron chi connectivity index (χ0n) is 20.6. The zero-order valence-corrected chi connectivity index (χ0v) is 20.6. The fraction of sp³-hybridized carbons (Fsp3) is 0.161. The number of methoxy groups -OCH3 is 1. The molecule has 0 radical (unpaired) electrons. The molecule has 182 valence electrons. The summed E-state index contributed by atoms with van der Waals surface area (Å²) in [4.78, 5) is 0. The molecule has 4 aromatic carbocycles. The summed E-state index contributed by atoms with van der Waals surface area (Å²) >= 11 is 0. The van der Waals surface area contributed by atoms with E-state index in [1.54, 1.807) is 7.11 Å². The van der Waals surface area contributed by atoms with Gasteiger partial charge in [-0.2, -0.15) is 5.10 Å². The molecule has 37 heavy (non-hydrogen) atoms. The van der Waals surface area contributed by atoms with Gasteiger partial charge in [-0.3, -0.25) is 0 Å². The van der Waals surface area contributed by atoms with Crippen LogP contribution in [0.2, 0.25) is 0 Å². The summed E-state index contributed by atoms with van der Waals surface area (Å²) in [6, 6.07) is 30.8. The molecule has 5 aromatic rings. The first kappa shape index (κ1) is 21.7. The van der Waals surface area contributed by atoms with Gasteiger partial charge in [-0.15, -0.1) is 0 Å². The minimum atomic E-state index is -0.431. The summed E-state index contributed by atoms with van der Waals surface area (Å²) < 4.78 is 18.1. The second kappa shape index (κ2) is 8.52. The van der Waals surface area contributed by atoms with Crippen LogP contribution in [0.5, 0.6) is 11.5 Å². The summed E-state index contributed by atoms with van der Waals surface area (Å²) in [5.74, 6) is 2.24. The number of para-hydroxylation sites is 1. The van der Waals surface area contributed by atoms with Crippen molar-refractivity contribution in [2.24, 2.45) is 5.10 Å². The summed E-state index contributed by atoms with van der Waals surface area (Å²) in [7, 11) is 1.68. The van der Waals surface area contributed by atoms with Gasteiger partial charge in [0.05, 0.1) is 24.2 Å². The van der Waals surface area contributed by atoms with E-state index < -0.39 is 6.23 Å². The van der Waals surface area contributed by atoms with Crippen molar-refractivity contribution < 1.29 is 14.0 Å². The van der Waals surface area contributed by atoms with Gasteiger partial charge in [-0.05, 0) is 30.7 Å². The molecule has 0 saturated carbocycles. The van der Waals surface area contributed by atoms with Gasteiger partial charge in [0.1, 0.15) is 5.52 Å². The van der Waals surface area contributed by atoms with Crippen molar-refractivity contribution in [3.63, 3.8) is 0 Å². The maximum absolute atomic E-state index is 6.67. The highest BCUT2D eigenvalue weighted by atomic mass is 16.5. The van der Waals surface area contributed by atoms with Crippen LogP contribution >= 0.6 is 0 Å². The van der Waals surface area contributed by atoms with E-state index in [0.29, 0.717) is 0 Å². The highest BCUT2D eigenvalue weighted by Gasteiger charge is 2.42. The number of aromatic nitrogens is 1. The molecule has 0 amide bonds. The molecule has 0 spiro atoms. The van der Waals surface area contributed by atoms with Crippen molar-refractivity contribution >= 4 is 16.6 Å². The van der Waals surface area contributed by atoms with Gasteiger partial charge in [-0.25, -0.2) is 5.01 Å². The first-order chi connectivity index (χ1) is 18.2. The Morgan fingerprint density at radius 1 is 0.892 bits per heavy atom. The number of aryl methyl sites for hydroxylation is 1. The third-order valence-electron chi connectivity index (χ3n) is 7.21. The van der Waals surface area contributed by atoms with E-state index in [2.05, 4.69) is 53.5 Å². The van der Waals surface area contributed by atoms with Crippen molar-refractivity contribution in [3.05, 3.63) is 113 Å². The molecule has 1 aromatic heterocycles. The maximum Gasteiger partial charge on any atom is 0.214 e. The minimum absolute atomic E-state index is 0.0342. The fourth-order valence-corrected chi connectivity index (χ4v) is 5.30. The van der Waals surface area contributed by atoms with E-state index in [0.717, 1.165) is 62.5 Å². The lowest BCUT2D eigenvalue weighted by molar-refractivity contribution is -0.0208. The van der Waals surface area contributed by atoms with E-state index in [-0.39, 0.29) is 6.04 Å². The Morgan fingerprint density at radius 3 is 2.54 bits per heavy atom. The third-order valence-corrected chi connectivity index (χ3v) is 7.21. The first-order valence-electron chi connectivity index (χ1n) is 12.4. The second-order valence-electron chi connectivity index (χ2n) is 9.52. The standard InChI is InChI=1S/C31H25N3O3/c1-19-11-13-20(14-12-19)26-18-27-23-9-6-10-28(35-2)30(23)36-31(34(27)32-26)22-15-16-25-24(17-22)29(37-33-25)21-7-4-3-5-8-21/h3-17,27,31H,18H2,1-2H3/t27-,31-/m1/s1. The molecular formula is C31H25N3O3. The van der Waals surface area contributed by atoms with E-state index in [1.807, 2.05) is 54.6 Å². The van der Waals surface area contributed by atoms with Crippen molar-refractivity contribution in [2.75, 3.05) is 7.11 Å². The Labute approximate surface area is 214 Å². The summed E-state index contributed by atoms with van der Waals surface area (Å²) in [6.45, 7) is 2.10. The van der Waals surface area contributed by atoms with Gasteiger partial charge < -0.3 is 14.0 Å². The Balaban J connectivity index is 1.36. The average molecular weight is 488 g/mol. The molecule has 2 aliphatic rings. The fourth-order valence-electron chi connectivity index (χ4n) is 5.30. The van der Waals surface area contributed by atoms with Crippen LogP contribution in [0.25, 0.3) is 22.2 Å². The lowest BCUT2D eigenvalue weighted by atomic mass is 9.95. The van der Waals surface area contributed by atoms with Crippen molar-refractivity contribution in [1.29, 1.82) is 0 Å². The zero-order chi connectivity index (χ0) is 24.9. The van der Waals surface area contributed by atoms with Crippen LogP contribution in [0.15, 0.2) is 101 Å². The normalized spacial score (nSPS) is 18.2. The van der Waals surface area contributed by atoms with Crippen LogP contribution in [-0.4, -0.2) is 23.0 Å². The Kier molecular flexibility index (Phi) is 4.99. The first-order valence-corrected chi connectivity index (χ1v) is 12.4. The predicted octanol–water partition coefficient (Wildman–Crippen LogP) is 7.05. The van der Waals surface area contributed by atoms with E-state index in [1.165, 1.54) is 5.56 Å². The molecular weight excluding hydrogens is 462 g/mol. The number of ether oxygens (including phenoxy) is 2. The van der Waals surface area contributed by atoms with Gasteiger partial charge in [0, 0.05) is 23.1 Å². The van der Waals surface area contributed by atoms with Gasteiger partial charge >= 0.3 is 0 Å². The van der Waals surface area contributed by atoms with Crippen LogP contribution in [0.4, 0.5) is 0 Å². The van der Waals surface area contributed by atoms with E-state index in [4.69, 9.17) is 19.1 Å². The second-order valence-corrected chi connectivity index (χ2v) is 9.52. The van der Waals surface area contributed by atoms with Crippen molar-refractivity contribution in [2.45, 2.75) is 25.6 Å². The topological polar surface area (TPSA) is 60.1 Å². The Bertz CT molecular complexity index is 1640. The van der Waals surface area contributed by atoms with Crippen LogP contribution in [0.3, 0.4) is 0 Å². The van der Waals surface area contributed by atoms with E-state index >= 15 is 0 Å². The van der Waals surface area contributed by atoms with E-state index in [9.17, 15) is 0 Å². The molecule has 2 aliphatic heterocycles. The highest BCUT2D eigenvalue weighted by Crippen LogP contribution is 2.51. The largest absolute Gasteiger partial charge is 0.493 e. The third kappa shape index (κ3) is 3.56. The molecule has 6 heteroatoms. The molecule has 0 fully saturated rings. The van der Waals surface area contributed by atoms with Crippen molar-refractivity contribution in [3.8, 4) is 22.8 Å². The number of hydrogen-bond donors (Lipinski definition) is 0. The highest BCUT2D eigenvalue weighted by molar-refractivity contribution is 6.02. The quantitative estimate of drug-likeness (QED) is 0.272. The number of nitrogens with zero attached hydrogens (tertiary/aromatic N) is 3. The number of rotatable bonds is 4. The van der Waals surface area contributed by atoms with Gasteiger partial charge in [-0.1, -0.05) is 83.5 Å². The van der Waals surface area contributed by atoms with Gasteiger partial charge in [0.2, 0.25) is 6.23 Å². The lowest BCUT2D eigenvalue weighted by Gasteiger charge is -2.38. The Morgan fingerprint density at radius 2 is 1.73 bits per heavy atom. The molecule has 6 nitrogen and oxygen atoms in total. The Hall–Kier alpha value is -4.58. The number of benzene rings is 4. The van der Waals surface area contributed by atoms with Crippen LogP contribution < -0.4 is 9.47 Å². The molecule has 0 N–H and O–H groups in total.